The van der Waals surface area contributed by atoms with Crippen LogP contribution in [0.2, 0.25) is 0 Å². The van der Waals surface area contributed by atoms with Crippen molar-refractivity contribution in [3.05, 3.63) is 35.1 Å². The summed E-state index contributed by atoms with van der Waals surface area (Å²) in [6, 6.07) is 3.63. The molecule has 84 valence electrons. The van der Waals surface area contributed by atoms with E-state index in [0.717, 1.165) is 13.0 Å². The highest BCUT2D eigenvalue weighted by Crippen LogP contribution is 2.31. The summed E-state index contributed by atoms with van der Waals surface area (Å²) in [6.07, 6.45) is 0. The van der Waals surface area contributed by atoms with Crippen LogP contribution in [-0.2, 0) is 11.3 Å². The van der Waals surface area contributed by atoms with Crippen LogP contribution in [0.1, 0.15) is 38.8 Å². The van der Waals surface area contributed by atoms with Gasteiger partial charge in [0.2, 0.25) is 0 Å². The van der Waals surface area contributed by atoms with Gasteiger partial charge in [0.25, 0.3) is 5.92 Å². The van der Waals surface area contributed by atoms with Crippen LogP contribution in [-0.4, -0.2) is 0 Å². The molecule has 3 heteroatoms. The fourth-order valence-electron chi connectivity index (χ4n) is 1.40. The molecule has 0 unspecified atom stereocenters. The van der Waals surface area contributed by atoms with Gasteiger partial charge in [0.15, 0.2) is 0 Å². The topological polar surface area (TPSA) is 0 Å². The van der Waals surface area contributed by atoms with Gasteiger partial charge in [0.1, 0.15) is 5.82 Å². The van der Waals surface area contributed by atoms with E-state index in [-0.39, 0.29) is 11.0 Å². The van der Waals surface area contributed by atoms with Gasteiger partial charge in [-0.3, -0.25) is 0 Å². The molecule has 1 aromatic rings. The molecule has 0 aromatic heterocycles. The number of halogens is 3. The zero-order chi connectivity index (χ0) is 11.9. The van der Waals surface area contributed by atoms with Crippen LogP contribution in [0.4, 0.5) is 13.2 Å². The minimum atomic E-state index is -2.99. The molecule has 0 saturated heterocycles. The minimum Gasteiger partial charge on any atom is -0.207 e. The lowest BCUT2D eigenvalue weighted by molar-refractivity contribution is 0.0171. The summed E-state index contributed by atoms with van der Waals surface area (Å²) in [4.78, 5) is 0. The second-order valence-electron chi connectivity index (χ2n) is 4.83. The predicted octanol–water partition coefficient (Wildman–Crippen LogP) is 4.23. The third kappa shape index (κ3) is 2.74. The summed E-state index contributed by atoms with van der Waals surface area (Å²) in [6.45, 7) is 6.29. The average Bonchev–Trinajstić information content (AvgIpc) is 1.99. The van der Waals surface area contributed by atoms with Gasteiger partial charge < -0.3 is 0 Å². The van der Waals surface area contributed by atoms with Crippen molar-refractivity contribution in [3.8, 4) is 0 Å². The van der Waals surface area contributed by atoms with E-state index in [9.17, 15) is 13.2 Å². The SMILES string of the molecule is CC(C)(C)c1ccc(C(C)(F)F)cc1F. The molecule has 0 aliphatic carbocycles. The van der Waals surface area contributed by atoms with E-state index < -0.39 is 11.7 Å². The lowest BCUT2D eigenvalue weighted by Gasteiger charge is -2.21. The molecule has 0 heterocycles. The highest BCUT2D eigenvalue weighted by atomic mass is 19.3. The maximum atomic E-state index is 13.5. The first kappa shape index (κ1) is 12.1. The zero-order valence-corrected chi connectivity index (χ0v) is 9.37. The van der Waals surface area contributed by atoms with Gasteiger partial charge in [-0.25, -0.2) is 13.2 Å². The van der Waals surface area contributed by atoms with Crippen molar-refractivity contribution >= 4 is 0 Å². The van der Waals surface area contributed by atoms with E-state index in [1.165, 1.54) is 12.1 Å². The first-order chi connectivity index (χ1) is 6.62. The Kier molecular flexibility index (Phi) is 2.85. The Morgan fingerprint density at radius 1 is 1.00 bits per heavy atom. The minimum absolute atomic E-state index is 0.284. The van der Waals surface area contributed by atoms with E-state index in [1.807, 2.05) is 20.8 Å². The second kappa shape index (κ2) is 3.54. The summed E-state index contributed by atoms with van der Waals surface area (Å²) >= 11 is 0. The zero-order valence-electron chi connectivity index (χ0n) is 9.37. The molecule has 0 aliphatic rings. The van der Waals surface area contributed by atoms with Crippen LogP contribution in [0, 0.1) is 5.82 Å². The quantitative estimate of drug-likeness (QED) is 0.658. The van der Waals surface area contributed by atoms with Gasteiger partial charge in [-0.15, -0.1) is 0 Å². The molecule has 0 fully saturated rings. The lowest BCUT2D eigenvalue weighted by atomic mass is 9.86. The number of hydrogen-bond donors (Lipinski definition) is 0. The van der Waals surface area contributed by atoms with E-state index in [4.69, 9.17) is 0 Å². The molecule has 15 heavy (non-hydrogen) atoms. The maximum absolute atomic E-state index is 13.5. The molecular weight excluding hydrogens is 201 g/mol. The Balaban J connectivity index is 3.21. The standard InChI is InChI=1S/C12H15F3/c1-11(2,3)9-6-5-8(7-10(9)13)12(4,14)15/h5-7H,1-4H3. The third-order valence-electron chi connectivity index (χ3n) is 2.28. The normalized spacial score (nSPS) is 13.0. The molecule has 0 atom stereocenters. The van der Waals surface area contributed by atoms with Crippen LogP contribution in [0.15, 0.2) is 18.2 Å². The predicted molar refractivity (Wildman–Crippen MR) is 54.7 cm³/mol. The van der Waals surface area contributed by atoms with Crippen molar-refractivity contribution in [2.45, 2.75) is 39.0 Å². The largest absolute Gasteiger partial charge is 0.270 e. The van der Waals surface area contributed by atoms with Crippen molar-refractivity contribution in [2.75, 3.05) is 0 Å². The summed E-state index contributed by atoms with van der Waals surface area (Å²) in [7, 11) is 0. The Bertz CT molecular complexity index is 356. The molecule has 0 bridgehead atoms. The molecule has 0 radical (unpaired) electrons. The second-order valence-corrected chi connectivity index (χ2v) is 4.83. The van der Waals surface area contributed by atoms with Gasteiger partial charge in [-0.2, -0.15) is 0 Å². The van der Waals surface area contributed by atoms with Crippen LogP contribution < -0.4 is 0 Å². The highest BCUT2D eigenvalue weighted by molar-refractivity contribution is 5.31. The van der Waals surface area contributed by atoms with Gasteiger partial charge in [0, 0.05) is 12.5 Å². The smallest absolute Gasteiger partial charge is 0.207 e. The Hall–Kier alpha value is -0.990. The number of hydrogen-bond acceptors (Lipinski definition) is 0. The number of alkyl halides is 2. The molecule has 0 aliphatic heterocycles. The summed E-state index contributed by atoms with van der Waals surface area (Å²) in [5.41, 5.74) is -0.199. The summed E-state index contributed by atoms with van der Waals surface area (Å²) in [5.74, 6) is -3.56. The maximum Gasteiger partial charge on any atom is 0.270 e. The molecule has 0 saturated carbocycles. The molecule has 0 amide bonds. The van der Waals surface area contributed by atoms with Gasteiger partial charge in [0.05, 0.1) is 0 Å². The van der Waals surface area contributed by atoms with Crippen molar-refractivity contribution < 1.29 is 13.2 Å². The summed E-state index contributed by atoms with van der Waals surface area (Å²) < 4.78 is 39.3. The first-order valence-corrected chi connectivity index (χ1v) is 4.80. The average molecular weight is 216 g/mol. The molecule has 0 spiro atoms. The first-order valence-electron chi connectivity index (χ1n) is 4.80. The van der Waals surface area contributed by atoms with Gasteiger partial charge in [-0.1, -0.05) is 32.9 Å². The van der Waals surface area contributed by atoms with Crippen LogP contribution in [0.5, 0.6) is 0 Å². The van der Waals surface area contributed by atoms with Gasteiger partial charge >= 0.3 is 0 Å². The fourth-order valence-corrected chi connectivity index (χ4v) is 1.40. The van der Waals surface area contributed by atoms with Crippen molar-refractivity contribution in [1.29, 1.82) is 0 Å². The molecular formula is C12H15F3. The Labute approximate surface area is 88.1 Å². The molecule has 0 N–H and O–H groups in total. The molecule has 1 rings (SSSR count). The van der Waals surface area contributed by atoms with Crippen molar-refractivity contribution in [2.24, 2.45) is 0 Å². The van der Waals surface area contributed by atoms with Crippen molar-refractivity contribution in [3.63, 3.8) is 0 Å². The fraction of sp³-hybridized carbons (Fsp3) is 0.500. The summed E-state index contributed by atoms with van der Waals surface area (Å²) in [5, 5.41) is 0. The van der Waals surface area contributed by atoms with Crippen molar-refractivity contribution in [1.82, 2.24) is 0 Å². The Morgan fingerprint density at radius 3 is 1.87 bits per heavy atom. The Morgan fingerprint density at radius 2 is 1.53 bits per heavy atom. The monoisotopic (exact) mass is 216 g/mol. The third-order valence-corrected chi connectivity index (χ3v) is 2.28. The molecule has 1 aromatic carbocycles. The van der Waals surface area contributed by atoms with Crippen LogP contribution in [0.3, 0.4) is 0 Å². The van der Waals surface area contributed by atoms with Gasteiger partial charge in [-0.05, 0) is 17.0 Å². The van der Waals surface area contributed by atoms with E-state index >= 15 is 0 Å². The van der Waals surface area contributed by atoms with Crippen LogP contribution >= 0.6 is 0 Å². The molecule has 0 nitrogen and oxygen atoms in total. The lowest BCUT2D eigenvalue weighted by Crippen LogP contribution is -2.15. The van der Waals surface area contributed by atoms with E-state index in [0.29, 0.717) is 5.56 Å². The number of rotatable bonds is 1. The highest BCUT2D eigenvalue weighted by Gasteiger charge is 2.27. The van der Waals surface area contributed by atoms with Crippen LogP contribution in [0.25, 0.3) is 0 Å². The van der Waals surface area contributed by atoms with E-state index in [2.05, 4.69) is 0 Å². The van der Waals surface area contributed by atoms with E-state index in [1.54, 1.807) is 0 Å². The number of benzene rings is 1.